The van der Waals surface area contributed by atoms with Crippen LogP contribution in [-0.2, 0) is 9.53 Å². The van der Waals surface area contributed by atoms with Crippen molar-refractivity contribution in [2.75, 3.05) is 7.11 Å². The maximum absolute atomic E-state index is 11.4. The number of rotatable bonds is 4. The highest BCUT2D eigenvalue weighted by Crippen LogP contribution is 2.40. The normalized spacial score (nSPS) is 15.9. The SMILES string of the molecule is COC(=O)C(O)c1cccc(-n2nccc2C2CC2)c1. The molecule has 1 N–H and O–H groups in total. The van der Waals surface area contributed by atoms with E-state index in [9.17, 15) is 9.90 Å². The third kappa shape index (κ3) is 2.32. The third-order valence-electron chi connectivity index (χ3n) is 3.52. The van der Waals surface area contributed by atoms with Crippen LogP contribution in [0.3, 0.4) is 0 Å². The number of ether oxygens (including phenoxy) is 1. The van der Waals surface area contributed by atoms with E-state index in [2.05, 4.69) is 9.84 Å². The zero-order valence-corrected chi connectivity index (χ0v) is 11.2. The fourth-order valence-electron chi connectivity index (χ4n) is 2.29. The van der Waals surface area contributed by atoms with Gasteiger partial charge >= 0.3 is 5.97 Å². The second-order valence-corrected chi connectivity index (χ2v) is 4.96. The molecule has 5 heteroatoms. The Labute approximate surface area is 116 Å². The van der Waals surface area contributed by atoms with Gasteiger partial charge in [0.1, 0.15) is 0 Å². The topological polar surface area (TPSA) is 64.3 Å². The van der Waals surface area contributed by atoms with E-state index in [1.165, 1.54) is 25.6 Å². The summed E-state index contributed by atoms with van der Waals surface area (Å²) in [7, 11) is 1.26. The first-order chi connectivity index (χ1) is 9.70. The molecule has 3 rings (SSSR count). The van der Waals surface area contributed by atoms with E-state index in [1.807, 2.05) is 16.8 Å². The Bertz CT molecular complexity index is 632. The summed E-state index contributed by atoms with van der Waals surface area (Å²) < 4.78 is 6.42. The van der Waals surface area contributed by atoms with Crippen LogP contribution in [0.2, 0.25) is 0 Å². The van der Waals surface area contributed by atoms with Crippen LogP contribution in [0.15, 0.2) is 36.5 Å². The van der Waals surface area contributed by atoms with Gasteiger partial charge in [0.15, 0.2) is 6.10 Å². The fraction of sp³-hybridized carbons (Fsp3) is 0.333. The summed E-state index contributed by atoms with van der Waals surface area (Å²) in [5, 5.41) is 14.2. The number of methoxy groups -OCH3 is 1. The number of hydrogen-bond donors (Lipinski definition) is 1. The lowest BCUT2D eigenvalue weighted by molar-refractivity contribution is -0.150. The molecular weight excluding hydrogens is 256 g/mol. The zero-order valence-electron chi connectivity index (χ0n) is 11.2. The molecule has 20 heavy (non-hydrogen) atoms. The number of aliphatic hydroxyl groups excluding tert-OH is 1. The highest BCUT2D eigenvalue weighted by Gasteiger charge is 2.27. The Hall–Kier alpha value is -2.14. The van der Waals surface area contributed by atoms with Crippen LogP contribution in [-0.4, -0.2) is 28.0 Å². The van der Waals surface area contributed by atoms with Gasteiger partial charge in [-0.25, -0.2) is 9.48 Å². The summed E-state index contributed by atoms with van der Waals surface area (Å²) >= 11 is 0. The van der Waals surface area contributed by atoms with Gasteiger partial charge in [0, 0.05) is 17.8 Å². The van der Waals surface area contributed by atoms with Crippen molar-refractivity contribution in [3.05, 3.63) is 47.8 Å². The van der Waals surface area contributed by atoms with Crippen LogP contribution >= 0.6 is 0 Å². The van der Waals surface area contributed by atoms with Gasteiger partial charge in [0.25, 0.3) is 0 Å². The minimum atomic E-state index is -1.26. The molecule has 0 radical (unpaired) electrons. The Morgan fingerprint density at radius 3 is 2.95 bits per heavy atom. The van der Waals surface area contributed by atoms with Crippen molar-refractivity contribution in [3.63, 3.8) is 0 Å². The predicted octanol–water partition coefficient (Wildman–Crippen LogP) is 1.96. The minimum absolute atomic E-state index is 0.506. The molecule has 0 bridgehead atoms. The van der Waals surface area contributed by atoms with E-state index in [4.69, 9.17) is 0 Å². The van der Waals surface area contributed by atoms with Crippen molar-refractivity contribution in [2.45, 2.75) is 24.9 Å². The van der Waals surface area contributed by atoms with Crippen molar-refractivity contribution in [1.29, 1.82) is 0 Å². The average molecular weight is 272 g/mol. The van der Waals surface area contributed by atoms with Gasteiger partial charge in [-0.3, -0.25) is 0 Å². The third-order valence-corrected chi connectivity index (χ3v) is 3.52. The number of carbonyl (C=O) groups excluding carboxylic acids is 1. The summed E-state index contributed by atoms with van der Waals surface area (Å²) in [6, 6.07) is 9.19. The Morgan fingerprint density at radius 2 is 2.25 bits per heavy atom. The number of aliphatic hydroxyl groups is 1. The molecule has 0 amide bonds. The molecular formula is C15H16N2O3. The van der Waals surface area contributed by atoms with Gasteiger partial charge in [-0.2, -0.15) is 5.10 Å². The van der Waals surface area contributed by atoms with Crippen LogP contribution in [0.5, 0.6) is 0 Å². The van der Waals surface area contributed by atoms with Crippen molar-refractivity contribution < 1.29 is 14.6 Å². The lowest BCUT2D eigenvalue weighted by atomic mass is 10.1. The minimum Gasteiger partial charge on any atom is -0.467 e. The van der Waals surface area contributed by atoms with E-state index < -0.39 is 12.1 Å². The van der Waals surface area contributed by atoms with Crippen LogP contribution in [0.1, 0.15) is 36.1 Å². The molecule has 1 aromatic heterocycles. The highest BCUT2D eigenvalue weighted by molar-refractivity contribution is 5.76. The Balaban J connectivity index is 1.94. The first-order valence-electron chi connectivity index (χ1n) is 6.61. The van der Waals surface area contributed by atoms with E-state index in [-0.39, 0.29) is 0 Å². The first-order valence-corrected chi connectivity index (χ1v) is 6.61. The molecule has 104 valence electrons. The van der Waals surface area contributed by atoms with E-state index >= 15 is 0 Å². The number of nitrogens with zero attached hydrogens (tertiary/aromatic N) is 2. The maximum Gasteiger partial charge on any atom is 0.339 e. The Kier molecular flexibility index (Phi) is 3.28. The number of carbonyl (C=O) groups is 1. The number of benzene rings is 1. The van der Waals surface area contributed by atoms with Crippen molar-refractivity contribution in [3.8, 4) is 5.69 Å². The Morgan fingerprint density at radius 1 is 1.45 bits per heavy atom. The van der Waals surface area contributed by atoms with E-state index in [0.717, 1.165) is 5.69 Å². The van der Waals surface area contributed by atoms with Crippen LogP contribution < -0.4 is 0 Å². The molecule has 1 atom stereocenters. The predicted molar refractivity (Wildman–Crippen MR) is 72.5 cm³/mol. The van der Waals surface area contributed by atoms with Crippen molar-refractivity contribution >= 4 is 5.97 Å². The van der Waals surface area contributed by atoms with Crippen LogP contribution in [0, 0.1) is 0 Å². The molecule has 2 aromatic rings. The molecule has 1 aliphatic rings. The summed E-state index contributed by atoms with van der Waals surface area (Å²) in [6.45, 7) is 0. The quantitative estimate of drug-likeness (QED) is 0.864. The van der Waals surface area contributed by atoms with Gasteiger partial charge in [-0.05, 0) is 36.6 Å². The van der Waals surface area contributed by atoms with Gasteiger partial charge in [-0.15, -0.1) is 0 Å². The van der Waals surface area contributed by atoms with E-state index in [0.29, 0.717) is 11.5 Å². The van der Waals surface area contributed by atoms with Crippen molar-refractivity contribution in [1.82, 2.24) is 9.78 Å². The average Bonchev–Trinajstić information content (AvgIpc) is 3.22. The largest absolute Gasteiger partial charge is 0.467 e. The maximum atomic E-state index is 11.4. The fourth-order valence-corrected chi connectivity index (χ4v) is 2.29. The van der Waals surface area contributed by atoms with Crippen molar-refractivity contribution in [2.24, 2.45) is 0 Å². The number of hydrogen-bond acceptors (Lipinski definition) is 4. The van der Waals surface area contributed by atoms with Gasteiger partial charge in [-0.1, -0.05) is 12.1 Å². The molecule has 1 aromatic carbocycles. The molecule has 5 nitrogen and oxygen atoms in total. The molecule has 1 heterocycles. The lowest BCUT2D eigenvalue weighted by Gasteiger charge is -2.11. The zero-order chi connectivity index (χ0) is 14.1. The lowest BCUT2D eigenvalue weighted by Crippen LogP contribution is -2.14. The number of aromatic nitrogens is 2. The van der Waals surface area contributed by atoms with Gasteiger partial charge < -0.3 is 9.84 Å². The summed E-state index contributed by atoms with van der Waals surface area (Å²) in [4.78, 5) is 11.4. The second-order valence-electron chi connectivity index (χ2n) is 4.96. The van der Waals surface area contributed by atoms with E-state index in [1.54, 1.807) is 24.4 Å². The van der Waals surface area contributed by atoms with Crippen LogP contribution in [0.4, 0.5) is 0 Å². The molecule has 1 fully saturated rings. The van der Waals surface area contributed by atoms with Crippen LogP contribution in [0.25, 0.3) is 5.69 Å². The number of esters is 1. The summed E-state index contributed by atoms with van der Waals surface area (Å²) in [5.41, 5.74) is 2.53. The summed E-state index contributed by atoms with van der Waals surface area (Å²) in [6.07, 6.45) is 2.89. The second kappa shape index (κ2) is 5.09. The smallest absolute Gasteiger partial charge is 0.339 e. The highest BCUT2D eigenvalue weighted by atomic mass is 16.5. The first kappa shape index (κ1) is 12.9. The molecule has 0 saturated heterocycles. The summed E-state index contributed by atoms with van der Waals surface area (Å²) in [5.74, 6) is -0.0864. The monoisotopic (exact) mass is 272 g/mol. The molecule has 1 aliphatic carbocycles. The molecule has 1 unspecified atom stereocenters. The molecule has 0 spiro atoms. The standard InChI is InChI=1S/C15H16N2O3/c1-20-15(19)14(18)11-3-2-4-12(9-11)17-13(7-8-16-17)10-5-6-10/h2-4,7-10,14,18H,5-6H2,1H3. The van der Waals surface area contributed by atoms with Gasteiger partial charge in [0.2, 0.25) is 0 Å². The molecule has 1 saturated carbocycles. The van der Waals surface area contributed by atoms with Gasteiger partial charge in [0.05, 0.1) is 12.8 Å². The molecule has 0 aliphatic heterocycles.